The highest BCUT2D eigenvalue weighted by Gasteiger charge is 2.17. The van der Waals surface area contributed by atoms with Gasteiger partial charge in [0.2, 0.25) is 0 Å². The molecule has 0 saturated carbocycles. The molecule has 1 aromatic rings. The average molecular weight is 303 g/mol. The van der Waals surface area contributed by atoms with Crippen LogP contribution in [0.1, 0.15) is 24.1 Å². The molecule has 0 aliphatic carbocycles. The molecule has 0 aromatic heterocycles. The van der Waals surface area contributed by atoms with E-state index in [9.17, 15) is 8.78 Å². The number of aryl methyl sites for hydroxylation is 1. The molecule has 1 N–H and O–H groups in total. The number of halogens is 2. The fraction of sp³-hybridized carbons (Fsp3) is 0.571. The summed E-state index contributed by atoms with van der Waals surface area (Å²) in [4.78, 5) is 0. The zero-order valence-corrected chi connectivity index (χ0v) is 12.8. The first-order chi connectivity index (χ1) is 9.08. The predicted molar refractivity (Wildman–Crippen MR) is 81.1 cm³/mol. The second kappa shape index (κ2) is 6.95. The van der Waals surface area contributed by atoms with Crippen LogP contribution in [0.5, 0.6) is 0 Å². The summed E-state index contributed by atoms with van der Waals surface area (Å²) < 4.78 is 27.3. The van der Waals surface area contributed by atoms with E-state index in [-0.39, 0.29) is 17.7 Å². The molecule has 0 spiro atoms. The van der Waals surface area contributed by atoms with Crippen molar-refractivity contribution in [3.05, 3.63) is 34.9 Å². The van der Waals surface area contributed by atoms with Gasteiger partial charge in [-0.15, -0.1) is 0 Å². The van der Waals surface area contributed by atoms with Crippen LogP contribution in [0, 0.1) is 18.6 Å². The number of hydrogen-bond acceptors (Lipinski definition) is 3. The van der Waals surface area contributed by atoms with Crippen molar-refractivity contribution in [1.82, 2.24) is 5.32 Å². The Bertz CT molecular complexity index is 434. The van der Waals surface area contributed by atoms with E-state index in [1.807, 2.05) is 30.4 Å². The van der Waals surface area contributed by atoms with E-state index < -0.39 is 0 Å². The number of rotatable bonds is 4. The molecule has 1 heterocycles. The van der Waals surface area contributed by atoms with Crippen LogP contribution >= 0.6 is 23.5 Å². The molecule has 2 rings (SSSR count). The van der Waals surface area contributed by atoms with Crippen molar-refractivity contribution >= 4 is 23.5 Å². The van der Waals surface area contributed by atoms with Crippen molar-refractivity contribution < 1.29 is 8.78 Å². The third kappa shape index (κ3) is 4.10. The van der Waals surface area contributed by atoms with Gasteiger partial charge < -0.3 is 5.32 Å². The van der Waals surface area contributed by atoms with Gasteiger partial charge in [-0.2, -0.15) is 23.5 Å². The molecule has 0 radical (unpaired) electrons. The molecule has 1 fully saturated rings. The monoisotopic (exact) mass is 303 g/mol. The lowest BCUT2D eigenvalue weighted by Crippen LogP contribution is -2.31. The summed E-state index contributed by atoms with van der Waals surface area (Å²) in [5, 5.41) is 3.88. The number of hydrogen-bond donors (Lipinski definition) is 1. The summed E-state index contributed by atoms with van der Waals surface area (Å²) in [6, 6.07) is 2.42. The molecule has 1 aromatic carbocycles. The van der Waals surface area contributed by atoms with Crippen LogP contribution in [0.4, 0.5) is 8.78 Å². The minimum atomic E-state index is -0.340. The van der Waals surface area contributed by atoms with Gasteiger partial charge in [-0.1, -0.05) is 0 Å². The van der Waals surface area contributed by atoms with Crippen LogP contribution in [-0.4, -0.2) is 29.1 Å². The van der Waals surface area contributed by atoms with E-state index in [4.69, 9.17) is 0 Å². The van der Waals surface area contributed by atoms with E-state index in [0.29, 0.717) is 16.4 Å². The van der Waals surface area contributed by atoms with Crippen LogP contribution in [-0.2, 0) is 0 Å². The quantitative estimate of drug-likeness (QED) is 0.909. The van der Waals surface area contributed by atoms with Crippen molar-refractivity contribution in [2.24, 2.45) is 0 Å². The number of benzene rings is 1. The number of nitrogens with one attached hydrogen (secondary N) is 1. The maximum atomic E-state index is 13.8. The zero-order valence-electron chi connectivity index (χ0n) is 11.2. The molecule has 1 aliphatic rings. The lowest BCUT2D eigenvalue weighted by Gasteiger charge is -2.24. The summed E-state index contributed by atoms with van der Waals surface area (Å²) in [6.45, 7) is 4.30. The van der Waals surface area contributed by atoms with Gasteiger partial charge >= 0.3 is 0 Å². The van der Waals surface area contributed by atoms with Crippen LogP contribution in [0.15, 0.2) is 12.1 Å². The first-order valence-corrected chi connectivity index (χ1v) is 8.66. The standard InChI is InChI=1S/C14H19F2NS2/c1-9-5-14(16)12(6-13(9)15)10(2)17-7-11-8-18-3-4-19-11/h5-6,10-11,17H,3-4,7-8H2,1-2H3. The molecule has 106 valence electrons. The fourth-order valence-corrected chi connectivity index (χ4v) is 4.69. The van der Waals surface area contributed by atoms with Gasteiger partial charge in [0.25, 0.3) is 0 Å². The number of thioether (sulfide) groups is 2. The molecule has 0 amide bonds. The van der Waals surface area contributed by atoms with E-state index in [2.05, 4.69) is 5.32 Å². The van der Waals surface area contributed by atoms with Crippen molar-refractivity contribution in [1.29, 1.82) is 0 Å². The predicted octanol–water partition coefficient (Wildman–Crippen LogP) is 3.77. The van der Waals surface area contributed by atoms with Crippen LogP contribution < -0.4 is 5.32 Å². The van der Waals surface area contributed by atoms with E-state index >= 15 is 0 Å². The Morgan fingerprint density at radius 1 is 1.32 bits per heavy atom. The molecule has 5 heteroatoms. The summed E-state index contributed by atoms with van der Waals surface area (Å²) in [5.41, 5.74) is 0.768. The van der Waals surface area contributed by atoms with Gasteiger partial charge in [0, 0.05) is 40.7 Å². The molecule has 2 atom stereocenters. The van der Waals surface area contributed by atoms with Gasteiger partial charge in [0.1, 0.15) is 11.6 Å². The second-order valence-electron chi connectivity index (χ2n) is 4.82. The fourth-order valence-electron chi connectivity index (χ4n) is 2.07. The van der Waals surface area contributed by atoms with Crippen LogP contribution in [0.2, 0.25) is 0 Å². The van der Waals surface area contributed by atoms with Gasteiger partial charge in [0.15, 0.2) is 0 Å². The maximum Gasteiger partial charge on any atom is 0.128 e. The molecule has 1 nitrogen and oxygen atoms in total. The Balaban J connectivity index is 1.95. The molecular formula is C14H19F2NS2. The Morgan fingerprint density at radius 2 is 2.11 bits per heavy atom. The van der Waals surface area contributed by atoms with Crippen molar-refractivity contribution in [2.75, 3.05) is 23.8 Å². The topological polar surface area (TPSA) is 12.0 Å². The highest BCUT2D eigenvalue weighted by molar-refractivity contribution is 8.06. The minimum Gasteiger partial charge on any atom is -0.309 e. The van der Waals surface area contributed by atoms with Gasteiger partial charge in [0.05, 0.1) is 0 Å². The summed E-state index contributed by atoms with van der Waals surface area (Å²) in [7, 11) is 0. The average Bonchev–Trinajstić information content (AvgIpc) is 2.41. The lowest BCUT2D eigenvalue weighted by molar-refractivity contribution is 0.519. The Hall–Kier alpha value is -0.260. The molecular weight excluding hydrogens is 284 g/mol. The molecule has 1 aliphatic heterocycles. The minimum absolute atomic E-state index is 0.164. The smallest absolute Gasteiger partial charge is 0.128 e. The zero-order chi connectivity index (χ0) is 13.8. The van der Waals surface area contributed by atoms with Crippen molar-refractivity contribution in [3.63, 3.8) is 0 Å². The second-order valence-corrected chi connectivity index (χ2v) is 7.38. The van der Waals surface area contributed by atoms with Gasteiger partial charge in [-0.25, -0.2) is 8.78 Å². The Kier molecular flexibility index (Phi) is 5.54. The summed E-state index contributed by atoms with van der Waals surface area (Å²) >= 11 is 3.92. The maximum absolute atomic E-state index is 13.8. The first kappa shape index (κ1) is 15.1. The van der Waals surface area contributed by atoms with E-state index in [1.54, 1.807) is 6.92 Å². The van der Waals surface area contributed by atoms with Gasteiger partial charge in [-0.3, -0.25) is 0 Å². The van der Waals surface area contributed by atoms with E-state index in [1.165, 1.54) is 23.6 Å². The third-order valence-electron chi connectivity index (χ3n) is 3.28. The molecule has 2 unspecified atom stereocenters. The lowest BCUT2D eigenvalue weighted by atomic mass is 10.0. The highest BCUT2D eigenvalue weighted by Crippen LogP contribution is 2.25. The Morgan fingerprint density at radius 3 is 2.79 bits per heavy atom. The molecule has 19 heavy (non-hydrogen) atoms. The largest absolute Gasteiger partial charge is 0.309 e. The summed E-state index contributed by atoms with van der Waals surface area (Å²) in [6.07, 6.45) is 0. The van der Waals surface area contributed by atoms with Crippen molar-refractivity contribution in [3.8, 4) is 0 Å². The first-order valence-electron chi connectivity index (χ1n) is 6.46. The van der Waals surface area contributed by atoms with Crippen LogP contribution in [0.3, 0.4) is 0 Å². The third-order valence-corrected chi connectivity index (χ3v) is 6.13. The summed E-state index contributed by atoms with van der Waals surface area (Å²) in [5.74, 6) is 2.86. The van der Waals surface area contributed by atoms with Crippen molar-refractivity contribution in [2.45, 2.75) is 25.1 Å². The highest BCUT2D eigenvalue weighted by atomic mass is 32.2. The SMILES string of the molecule is Cc1cc(F)c(C(C)NCC2CSCCS2)cc1F. The normalized spacial score (nSPS) is 21.4. The Labute approximate surface area is 121 Å². The molecule has 0 bridgehead atoms. The molecule has 1 saturated heterocycles. The van der Waals surface area contributed by atoms with E-state index in [0.717, 1.165) is 12.3 Å². The van der Waals surface area contributed by atoms with Crippen LogP contribution in [0.25, 0.3) is 0 Å². The van der Waals surface area contributed by atoms with Gasteiger partial charge in [-0.05, 0) is 31.5 Å².